The molecule has 2 atom stereocenters. The molecule has 2 heterocycles. The normalized spacial score (nSPS) is 23.1. The summed E-state index contributed by atoms with van der Waals surface area (Å²) in [7, 11) is -3.62. The average molecular weight is 494 g/mol. The van der Waals surface area contributed by atoms with Gasteiger partial charge in [-0.3, -0.25) is 14.4 Å². The molecule has 3 fully saturated rings. The monoisotopic (exact) mass is 493 g/mol. The summed E-state index contributed by atoms with van der Waals surface area (Å²) >= 11 is 0. The fourth-order valence-electron chi connectivity index (χ4n) is 4.67. The average Bonchev–Trinajstić information content (AvgIpc) is 3.49. The van der Waals surface area contributed by atoms with E-state index >= 15 is 0 Å². The van der Waals surface area contributed by atoms with E-state index in [4.69, 9.17) is 9.47 Å². The van der Waals surface area contributed by atoms with Crippen molar-refractivity contribution < 1.29 is 32.3 Å². The molecule has 11 heteroatoms. The molecular weight excluding hydrogens is 462 g/mol. The minimum atomic E-state index is -3.62. The summed E-state index contributed by atoms with van der Waals surface area (Å²) in [4.78, 5) is 39.3. The van der Waals surface area contributed by atoms with Crippen LogP contribution in [0.25, 0.3) is 0 Å². The number of esters is 1. The van der Waals surface area contributed by atoms with Crippen LogP contribution in [0.1, 0.15) is 39.0 Å². The van der Waals surface area contributed by atoms with Crippen LogP contribution in [0.4, 0.5) is 5.69 Å². The zero-order chi connectivity index (χ0) is 24.3. The van der Waals surface area contributed by atoms with Crippen molar-refractivity contribution in [2.45, 2.75) is 56.1 Å². The third-order valence-corrected chi connectivity index (χ3v) is 8.56. The highest BCUT2D eigenvalue weighted by Gasteiger charge is 2.40. The molecule has 2 unspecified atom stereocenters. The summed E-state index contributed by atoms with van der Waals surface area (Å²) in [6.07, 6.45) is 3.20. The SMILES string of the molecule is CC(OC(=O)C1CC(=O)N(C2CCCC2)C1)C(=O)Nc1ccc(S(=O)(=O)N2CCOCC2)cc1. The molecule has 4 rings (SSSR count). The molecule has 0 aromatic heterocycles. The van der Waals surface area contributed by atoms with Crippen LogP contribution in [0.15, 0.2) is 29.2 Å². The molecule has 1 aliphatic carbocycles. The molecule has 1 aromatic rings. The summed E-state index contributed by atoms with van der Waals surface area (Å²) in [6, 6.07) is 6.06. The second-order valence-corrected chi connectivity index (χ2v) is 10.9. The molecule has 2 aliphatic heterocycles. The topological polar surface area (TPSA) is 122 Å². The third-order valence-electron chi connectivity index (χ3n) is 6.65. The summed E-state index contributed by atoms with van der Waals surface area (Å²) in [5, 5.41) is 2.64. The zero-order valence-corrected chi connectivity index (χ0v) is 20.1. The lowest BCUT2D eigenvalue weighted by atomic mass is 10.1. The number of likely N-dealkylation sites (tertiary alicyclic amines) is 1. The Bertz CT molecular complexity index is 1020. The van der Waals surface area contributed by atoms with Crippen molar-refractivity contribution in [3.63, 3.8) is 0 Å². The highest BCUT2D eigenvalue weighted by atomic mass is 32.2. The number of rotatable bonds is 7. The first kappa shape index (κ1) is 24.6. The summed E-state index contributed by atoms with van der Waals surface area (Å²) < 4.78 is 37.3. The van der Waals surface area contributed by atoms with Gasteiger partial charge in [0.15, 0.2) is 6.10 Å². The molecule has 1 aromatic carbocycles. The Morgan fingerprint density at radius 2 is 1.76 bits per heavy atom. The van der Waals surface area contributed by atoms with Gasteiger partial charge in [-0.2, -0.15) is 4.31 Å². The Hall–Kier alpha value is -2.50. The van der Waals surface area contributed by atoms with E-state index in [1.165, 1.54) is 35.5 Å². The number of carbonyl (C=O) groups excluding carboxylic acids is 3. The molecule has 2 amide bonds. The number of hydrogen-bond donors (Lipinski definition) is 1. The summed E-state index contributed by atoms with van der Waals surface area (Å²) in [5.74, 6) is -1.68. The highest BCUT2D eigenvalue weighted by molar-refractivity contribution is 7.89. The van der Waals surface area contributed by atoms with Crippen molar-refractivity contribution in [1.29, 1.82) is 0 Å². The number of amides is 2. The van der Waals surface area contributed by atoms with Crippen LogP contribution in [0, 0.1) is 5.92 Å². The fraction of sp³-hybridized carbons (Fsp3) is 0.609. The lowest BCUT2D eigenvalue weighted by Gasteiger charge is -2.26. The number of benzene rings is 1. The molecule has 0 spiro atoms. The number of ether oxygens (including phenoxy) is 2. The van der Waals surface area contributed by atoms with Gasteiger partial charge in [0.2, 0.25) is 15.9 Å². The number of nitrogens with zero attached hydrogens (tertiary/aromatic N) is 2. The Kier molecular flexibility index (Phi) is 7.54. The smallest absolute Gasteiger partial charge is 0.312 e. The molecule has 1 saturated carbocycles. The summed E-state index contributed by atoms with van der Waals surface area (Å²) in [5.41, 5.74) is 0.386. The number of hydrogen-bond acceptors (Lipinski definition) is 7. The van der Waals surface area contributed by atoms with Gasteiger partial charge in [0.05, 0.1) is 24.0 Å². The van der Waals surface area contributed by atoms with Crippen molar-refractivity contribution >= 4 is 33.5 Å². The van der Waals surface area contributed by atoms with Gasteiger partial charge in [-0.05, 0) is 44.0 Å². The van der Waals surface area contributed by atoms with Crippen molar-refractivity contribution in [1.82, 2.24) is 9.21 Å². The highest BCUT2D eigenvalue weighted by Crippen LogP contribution is 2.30. The van der Waals surface area contributed by atoms with Crippen molar-refractivity contribution in [3.8, 4) is 0 Å². The van der Waals surface area contributed by atoms with Crippen LogP contribution in [-0.4, -0.2) is 80.4 Å². The van der Waals surface area contributed by atoms with E-state index in [0.717, 1.165) is 25.7 Å². The third kappa shape index (κ3) is 5.42. The van der Waals surface area contributed by atoms with Crippen molar-refractivity contribution in [2.75, 3.05) is 38.2 Å². The van der Waals surface area contributed by atoms with E-state index in [-0.39, 0.29) is 23.3 Å². The van der Waals surface area contributed by atoms with Crippen molar-refractivity contribution in [3.05, 3.63) is 24.3 Å². The van der Waals surface area contributed by atoms with E-state index < -0.39 is 33.9 Å². The maximum atomic E-state index is 12.7. The predicted octanol–water partition coefficient (Wildman–Crippen LogP) is 1.37. The van der Waals surface area contributed by atoms with Crippen LogP contribution in [0.2, 0.25) is 0 Å². The molecule has 0 radical (unpaired) electrons. The molecule has 10 nitrogen and oxygen atoms in total. The van der Waals surface area contributed by atoms with E-state index in [1.807, 2.05) is 0 Å². The molecule has 34 heavy (non-hydrogen) atoms. The lowest BCUT2D eigenvalue weighted by molar-refractivity contribution is -0.157. The molecular formula is C23H31N3O7S. The van der Waals surface area contributed by atoms with Crippen LogP contribution in [0.5, 0.6) is 0 Å². The van der Waals surface area contributed by atoms with E-state index in [0.29, 0.717) is 38.5 Å². The molecule has 2 saturated heterocycles. The van der Waals surface area contributed by atoms with Crippen LogP contribution < -0.4 is 5.32 Å². The second kappa shape index (κ2) is 10.4. The van der Waals surface area contributed by atoms with Gasteiger partial charge in [-0.25, -0.2) is 8.42 Å². The van der Waals surface area contributed by atoms with E-state index in [1.54, 1.807) is 4.90 Å². The van der Waals surface area contributed by atoms with Gasteiger partial charge in [0, 0.05) is 37.8 Å². The van der Waals surface area contributed by atoms with E-state index in [2.05, 4.69) is 5.32 Å². The van der Waals surface area contributed by atoms with Crippen molar-refractivity contribution in [2.24, 2.45) is 5.92 Å². The molecule has 186 valence electrons. The molecule has 0 bridgehead atoms. The van der Waals surface area contributed by atoms with Gasteiger partial charge >= 0.3 is 5.97 Å². The van der Waals surface area contributed by atoms with Crippen LogP contribution >= 0.6 is 0 Å². The van der Waals surface area contributed by atoms with Gasteiger partial charge < -0.3 is 19.7 Å². The molecule has 1 N–H and O–H groups in total. The zero-order valence-electron chi connectivity index (χ0n) is 19.3. The first-order chi connectivity index (χ1) is 16.3. The second-order valence-electron chi connectivity index (χ2n) is 8.99. The minimum absolute atomic E-state index is 0.0296. The fourth-order valence-corrected chi connectivity index (χ4v) is 6.08. The standard InChI is InChI=1S/C23H31N3O7S/c1-16(33-23(29)17-14-21(27)26(15-17)19-4-2-3-5-19)22(28)24-18-6-8-20(9-7-18)34(30,31)25-10-12-32-13-11-25/h6-9,16-17,19H,2-5,10-15H2,1H3,(H,24,28). The van der Waals surface area contributed by atoms with Gasteiger partial charge in [0.25, 0.3) is 5.91 Å². The van der Waals surface area contributed by atoms with Crippen LogP contribution in [0.3, 0.4) is 0 Å². The minimum Gasteiger partial charge on any atom is -0.452 e. The maximum absolute atomic E-state index is 12.7. The lowest BCUT2D eigenvalue weighted by Crippen LogP contribution is -2.40. The number of anilines is 1. The first-order valence-corrected chi connectivity index (χ1v) is 13.2. The number of sulfonamides is 1. The van der Waals surface area contributed by atoms with Crippen LogP contribution in [-0.2, 0) is 33.9 Å². The Morgan fingerprint density at radius 1 is 1.12 bits per heavy atom. The summed E-state index contributed by atoms with van der Waals surface area (Å²) in [6.45, 7) is 3.13. The van der Waals surface area contributed by atoms with Gasteiger partial charge in [-0.15, -0.1) is 0 Å². The first-order valence-electron chi connectivity index (χ1n) is 11.7. The van der Waals surface area contributed by atoms with E-state index in [9.17, 15) is 22.8 Å². The molecule has 3 aliphatic rings. The quantitative estimate of drug-likeness (QED) is 0.569. The number of carbonyl (C=O) groups is 3. The maximum Gasteiger partial charge on any atom is 0.312 e. The van der Waals surface area contributed by atoms with Gasteiger partial charge in [-0.1, -0.05) is 12.8 Å². The van der Waals surface area contributed by atoms with Gasteiger partial charge in [0.1, 0.15) is 0 Å². The Balaban J connectivity index is 1.29. The Labute approximate surface area is 199 Å². The number of nitrogens with one attached hydrogen (secondary N) is 1. The predicted molar refractivity (Wildman–Crippen MR) is 122 cm³/mol. The number of morpholine rings is 1. The Morgan fingerprint density at radius 3 is 2.41 bits per heavy atom. The largest absolute Gasteiger partial charge is 0.452 e.